The number of imidazole rings is 1. The Hall–Kier alpha value is -2.92. The molecule has 10 nitrogen and oxygen atoms in total. The highest BCUT2D eigenvalue weighted by Crippen LogP contribution is 2.20. The van der Waals surface area contributed by atoms with Gasteiger partial charge >= 0.3 is 0 Å². The van der Waals surface area contributed by atoms with Crippen LogP contribution in [0.1, 0.15) is 16.9 Å². The third kappa shape index (κ3) is 3.45. The van der Waals surface area contributed by atoms with Gasteiger partial charge in [0.05, 0.1) is 12.6 Å². The molecule has 4 heterocycles. The lowest BCUT2D eigenvalue weighted by Gasteiger charge is -2.20. The molecule has 28 heavy (non-hydrogen) atoms. The van der Waals surface area contributed by atoms with Crippen LogP contribution in [0.15, 0.2) is 46.4 Å². The first-order valence-corrected chi connectivity index (χ1v) is 10.3. The number of furan rings is 1. The van der Waals surface area contributed by atoms with Gasteiger partial charge in [0.1, 0.15) is 5.69 Å². The van der Waals surface area contributed by atoms with Gasteiger partial charge in [-0.2, -0.15) is 9.40 Å². The first-order valence-electron chi connectivity index (χ1n) is 8.82. The summed E-state index contributed by atoms with van der Waals surface area (Å²) in [5, 5.41) is 6.89. The molecule has 4 rings (SSSR count). The highest BCUT2D eigenvalue weighted by atomic mass is 32.2. The van der Waals surface area contributed by atoms with E-state index in [-0.39, 0.29) is 29.7 Å². The van der Waals surface area contributed by atoms with Crippen molar-refractivity contribution in [3.63, 3.8) is 0 Å². The van der Waals surface area contributed by atoms with Crippen molar-refractivity contribution in [1.29, 1.82) is 0 Å². The van der Waals surface area contributed by atoms with Crippen LogP contribution < -0.4 is 0 Å². The second-order valence-corrected chi connectivity index (χ2v) is 8.46. The molecule has 0 unspecified atom stereocenters. The molecule has 0 radical (unpaired) electrons. The standard InChI is InChI=1S/C17H20N6O4S/c1-21-11-16(18-12-21)28(25,26)23-6-3-5-22(7-8-23)17(24)14-10-13(19-20-14)15-4-2-9-27-15/h2,4,9-12H,3,5-8H2,1H3,(H,19,20). The summed E-state index contributed by atoms with van der Waals surface area (Å²) in [6.07, 6.45) is 5.01. The molecule has 1 aliphatic heterocycles. The predicted molar refractivity (Wildman–Crippen MR) is 98.8 cm³/mol. The lowest BCUT2D eigenvalue weighted by Crippen LogP contribution is -2.37. The number of rotatable bonds is 4. The van der Waals surface area contributed by atoms with E-state index in [2.05, 4.69) is 15.2 Å². The van der Waals surface area contributed by atoms with Crippen molar-refractivity contribution >= 4 is 15.9 Å². The van der Waals surface area contributed by atoms with E-state index in [0.717, 1.165) is 0 Å². The van der Waals surface area contributed by atoms with Crippen LogP contribution in [0, 0.1) is 0 Å². The van der Waals surface area contributed by atoms with Crippen LogP contribution >= 0.6 is 0 Å². The van der Waals surface area contributed by atoms with E-state index in [9.17, 15) is 13.2 Å². The van der Waals surface area contributed by atoms with Crippen LogP contribution in [0.3, 0.4) is 0 Å². The third-order valence-electron chi connectivity index (χ3n) is 4.61. The summed E-state index contributed by atoms with van der Waals surface area (Å²) >= 11 is 0. The SMILES string of the molecule is Cn1cnc(S(=O)(=O)N2CCCN(C(=O)c3cc(-c4ccco4)[nH]n3)CC2)c1. The summed E-state index contributed by atoms with van der Waals surface area (Å²) in [6, 6.07) is 5.16. The van der Waals surface area contributed by atoms with Crippen molar-refractivity contribution in [2.45, 2.75) is 11.4 Å². The van der Waals surface area contributed by atoms with Gasteiger partial charge in [0.25, 0.3) is 15.9 Å². The molecule has 1 amide bonds. The molecule has 11 heteroatoms. The van der Waals surface area contributed by atoms with Crippen molar-refractivity contribution in [2.24, 2.45) is 7.05 Å². The Bertz CT molecular complexity index is 1070. The minimum absolute atomic E-state index is 0.0187. The molecule has 1 aliphatic rings. The van der Waals surface area contributed by atoms with Gasteiger partial charge in [0.2, 0.25) is 0 Å². The molecular formula is C17H20N6O4S. The maximum Gasteiger partial charge on any atom is 0.274 e. The van der Waals surface area contributed by atoms with Crippen molar-refractivity contribution < 1.29 is 17.6 Å². The summed E-state index contributed by atoms with van der Waals surface area (Å²) < 4.78 is 33.8. The average Bonchev–Trinajstić information content (AvgIpc) is 3.40. The van der Waals surface area contributed by atoms with Gasteiger partial charge in [0.15, 0.2) is 16.5 Å². The molecule has 1 N–H and O–H groups in total. The highest BCUT2D eigenvalue weighted by molar-refractivity contribution is 7.89. The van der Waals surface area contributed by atoms with Crippen LogP contribution in [0.25, 0.3) is 11.5 Å². The van der Waals surface area contributed by atoms with E-state index in [4.69, 9.17) is 4.42 Å². The summed E-state index contributed by atoms with van der Waals surface area (Å²) in [4.78, 5) is 18.4. The predicted octanol–water partition coefficient (Wildman–Crippen LogP) is 0.940. The minimum Gasteiger partial charge on any atom is -0.463 e. The molecule has 148 valence electrons. The zero-order chi connectivity index (χ0) is 19.7. The topological polar surface area (TPSA) is 117 Å². The van der Waals surface area contributed by atoms with Crippen LogP contribution in [-0.4, -0.2) is 69.5 Å². The number of nitrogens with one attached hydrogen (secondary N) is 1. The monoisotopic (exact) mass is 404 g/mol. The molecule has 0 aliphatic carbocycles. The Kier molecular flexibility index (Phi) is 4.77. The molecule has 1 fully saturated rings. The minimum atomic E-state index is -3.67. The number of carbonyl (C=O) groups is 1. The number of amides is 1. The van der Waals surface area contributed by atoms with E-state index in [1.807, 2.05) is 0 Å². The normalized spacial score (nSPS) is 16.2. The summed E-state index contributed by atoms with van der Waals surface area (Å²) in [5.41, 5.74) is 0.884. The van der Waals surface area contributed by atoms with Gasteiger partial charge in [0, 0.05) is 45.5 Å². The quantitative estimate of drug-likeness (QED) is 0.692. The van der Waals surface area contributed by atoms with E-state index in [1.165, 1.54) is 16.8 Å². The van der Waals surface area contributed by atoms with E-state index >= 15 is 0 Å². The second-order valence-electron chi connectivity index (χ2n) is 6.57. The van der Waals surface area contributed by atoms with E-state index < -0.39 is 10.0 Å². The number of nitrogens with zero attached hydrogens (tertiary/aromatic N) is 5. The molecule has 0 spiro atoms. The fourth-order valence-electron chi connectivity index (χ4n) is 3.14. The first kappa shape index (κ1) is 18.4. The lowest BCUT2D eigenvalue weighted by molar-refractivity contribution is 0.0758. The number of H-pyrrole nitrogens is 1. The van der Waals surface area contributed by atoms with Gasteiger partial charge in [-0.25, -0.2) is 13.4 Å². The Balaban J connectivity index is 1.46. The van der Waals surface area contributed by atoms with Crippen LogP contribution in [0.5, 0.6) is 0 Å². The number of aryl methyl sites for hydroxylation is 1. The first-order chi connectivity index (χ1) is 13.4. The van der Waals surface area contributed by atoms with Crippen LogP contribution in [-0.2, 0) is 17.1 Å². The number of hydrogen-bond acceptors (Lipinski definition) is 6. The maximum atomic E-state index is 12.8. The van der Waals surface area contributed by atoms with E-state index in [0.29, 0.717) is 31.0 Å². The molecule has 0 bridgehead atoms. The Morgan fingerprint density at radius 1 is 1.25 bits per heavy atom. The molecule has 3 aromatic heterocycles. The molecular weight excluding hydrogens is 384 g/mol. The Labute approximate surface area is 161 Å². The summed E-state index contributed by atoms with van der Waals surface area (Å²) in [5.74, 6) is 0.348. The largest absolute Gasteiger partial charge is 0.463 e. The number of aromatic nitrogens is 4. The number of sulfonamides is 1. The van der Waals surface area contributed by atoms with Crippen molar-refractivity contribution in [3.05, 3.63) is 42.7 Å². The molecule has 0 aromatic carbocycles. The van der Waals surface area contributed by atoms with Crippen molar-refractivity contribution in [1.82, 2.24) is 29.0 Å². The average molecular weight is 404 g/mol. The number of hydrogen-bond donors (Lipinski definition) is 1. The third-order valence-corrected chi connectivity index (χ3v) is 6.40. The number of aromatic amines is 1. The Morgan fingerprint density at radius 3 is 2.82 bits per heavy atom. The van der Waals surface area contributed by atoms with Crippen LogP contribution in [0.4, 0.5) is 0 Å². The van der Waals surface area contributed by atoms with Gasteiger partial charge < -0.3 is 13.9 Å². The molecule has 3 aromatic rings. The van der Waals surface area contributed by atoms with Gasteiger partial charge in [-0.3, -0.25) is 9.89 Å². The Morgan fingerprint density at radius 2 is 2.11 bits per heavy atom. The van der Waals surface area contributed by atoms with Gasteiger partial charge in [-0.05, 0) is 18.6 Å². The van der Waals surface area contributed by atoms with Crippen molar-refractivity contribution in [2.75, 3.05) is 26.2 Å². The summed E-state index contributed by atoms with van der Waals surface area (Å²) in [6.45, 7) is 1.28. The second kappa shape index (κ2) is 7.24. The smallest absolute Gasteiger partial charge is 0.274 e. The van der Waals surface area contributed by atoms with E-state index in [1.54, 1.807) is 41.0 Å². The number of carbonyl (C=O) groups excluding carboxylic acids is 1. The fraction of sp³-hybridized carbons (Fsp3) is 0.353. The fourth-order valence-corrected chi connectivity index (χ4v) is 4.58. The zero-order valence-electron chi connectivity index (χ0n) is 15.3. The molecule has 0 saturated carbocycles. The summed E-state index contributed by atoms with van der Waals surface area (Å²) in [7, 11) is -1.96. The van der Waals surface area contributed by atoms with Crippen molar-refractivity contribution in [3.8, 4) is 11.5 Å². The maximum absolute atomic E-state index is 12.8. The zero-order valence-corrected chi connectivity index (χ0v) is 16.1. The molecule has 0 atom stereocenters. The van der Waals surface area contributed by atoms with Crippen LogP contribution in [0.2, 0.25) is 0 Å². The highest BCUT2D eigenvalue weighted by Gasteiger charge is 2.30. The van der Waals surface area contributed by atoms with Gasteiger partial charge in [-0.15, -0.1) is 0 Å². The molecule has 1 saturated heterocycles. The lowest BCUT2D eigenvalue weighted by atomic mass is 10.2. The van der Waals surface area contributed by atoms with Gasteiger partial charge in [-0.1, -0.05) is 0 Å².